The van der Waals surface area contributed by atoms with Crippen molar-refractivity contribution in [1.82, 2.24) is 4.90 Å². The quantitative estimate of drug-likeness (QED) is 0.928. The number of furan rings is 1. The molecule has 0 spiro atoms. The molecule has 0 saturated carbocycles. The van der Waals surface area contributed by atoms with Gasteiger partial charge < -0.3 is 9.52 Å². The summed E-state index contributed by atoms with van der Waals surface area (Å²) in [7, 11) is 0. The standard InChI is InChI=1S/C17H21NO3/c1-12(16-10-13-6-2-3-8-15(13)21-16)18-9-5-4-7-14(18)11-17(19)20/h2-3,6,8,10,12,14H,4-5,7,9,11H2,1H3,(H,19,20). The minimum absolute atomic E-state index is 0.111. The summed E-state index contributed by atoms with van der Waals surface area (Å²) in [5.41, 5.74) is 0.895. The van der Waals surface area contributed by atoms with E-state index in [1.807, 2.05) is 24.3 Å². The van der Waals surface area contributed by atoms with Gasteiger partial charge in [0.2, 0.25) is 0 Å². The summed E-state index contributed by atoms with van der Waals surface area (Å²) in [6.07, 6.45) is 3.41. The molecule has 0 bridgehead atoms. The zero-order chi connectivity index (χ0) is 14.8. The fourth-order valence-electron chi connectivity index (χ4n) is 3.33. The summed E-state index contributed by atoms with van der Waals surface area (Å²) < 4.78 is 5.95. The number of hydrogen-bond acceptors (Lipinski definition) is 3. The van der Waals surface area contributed by atoms with Gasteiger partial charge in [-0.15, -0.1) is 0 Å². The monoisotopic (exact) mass is 287 g/mol. The first-order chi connectivity index (χ1) is 10.1. The lowest BCUT2D eigenvalue weighted by Crippen LogP contribution is -2.42. The Bertz CT molecular complexity index is 601. The van der Waals surface area contributed by atoms with Crippen LogP contribution in [-0.2, 0) is 4.79 Å². The van der Waals surface area contributed by atoms with Crippen LogP contribution >= 0.6 is 0 Å². The normalized spacial score (nSPS) is 21.5. The molecule has 1 saturated heterocycles. The molecule has 1 fully saturated rings. The second-order valence-electron chi connectivity index (χ2n) is 5.85. The molecule has 0 aliphatic carbocycles. The lowest BCUT2D eigenvalue weighted by molar-refractivity contribution is -0.139. The van der Waals surface area contributed by atoms with E-state index in [0.717, 1.165) is 42.5 Å². The first kappa shape index (κ1) is 14.1. The predicted octanol–water partition coefficient (Wildman–Crippen LogP) is 3.82. The first-order valence-corrected chi connectivity index (χ1v) is 7.61. The Balaban J connectivity index is 1.84. The average molecular weight is 287 g/mol. The Kier molecular flexibility index (Phi) is 3.97. The van der Waals surface area contributed by atoms with E-state index in [1.54, 1.807) is 0 Å². The molecular weight excluding hydrogens is 266 g/mol. The van der Waals surface area contributed by atoms with Crippen molar-refractivity contribution < 1.29 is 14.3 Å². The molecular formula is C17H21NO3. The number of nitrogens with zero attached hydrogens (tertiary/aromatic N) is 1. The van der Waals surface area contributed by atoms with Crippen LogP contribution in [0.15, 0.2) is 34.7 Å². The fourth-order valence-corrected chi connectivity index (χ4v) is 3.33. The largest absolute Gasteiger partial charge is 0.481 e. The summed E-state index contributed by atoms with van der Waals surface area (Å²) in [4.78, 5) is 13.3. The van der Waals surface area contributed by atoms with Crippen molar-refractivity contribution in [3.8, 4) is 0 Å². The number of fused-ring (bicyclic) bond motifs is 1. The van der Waals surface area contributed by atoms with E-state index >= 15 is 0 Å². The molecule has 1 aromatic carbocycles. The van der Waals surface area contributed by atoms with Gasteiger partial charge in [-0.25, -0.2) is 0 Å². The van der Waals surface area contributed by atoms with Gasteiger partial charge in [0.25, 0.3) is 0 Å². The van der Waals surface area contributed by atoms with E-state index in [2.05, 4.69) is 17.9 Å². The lowest BCUT2D eigenvalue weighted by atomic mass is 9.97. The van der Waals surface area contributed by atoms with Crippen molar-refractivity contribution in [1.29, 1.82) is 0 Å². The highest BCUT2D eigenvalue weighted by molar-refractivity contribution is 5.77. The second-order valence-corrected chi connectivity index (χ2v) is 5.85. The fraction of sp³-hybridized carbons (Fsp3) is 0.471. The smallest absolute Gasteiger partial charge is 0.304 e. The maximum Gasteiger partial charge on any atom is 0.304 e. The van der Waals surface area contributed by atoms with Gasteiger partial charge in [0.1, 0.15) is 11.3 Å². The van der Waals surface area contributed by atoms with E-state index in [9.17, 15) is 4.79 Å². The number of piperidine rings is 1. The molecule has 21 heavy (non-hydrogen) atoms. The van der Waals surface area contributed by atoms with E-state index in [-0.39, 0.29) is 18.5 Å². The molecule has 2 aromatic rings. The van der Waals surface area contributed by atoms with Crippen LogP contribution in [0.3, 0.4) is 0 Å². The maximum atomic E-state index is 11.1. The number of likely N-dealkylation sites (tertiary alicyclic amines) is 1. The highest BCUT2D eigenvalue weighted by atomic mass is 16.4. The Morgan fingerprint density at radius 2 is 2.24 bits per heavy atom. The third-order valence-corrected chi connectivity index (χ3v) is 4.44. The first-order valence-electron chi connectivity index (χ1n) is 7.61. The molecule has 112 valence electrons. The molecule has 0 radical (unpaired) electrons. The molecule has 1 aromatic heterocycles. The molecule has 0 amide bonds. The zero-order valence-electron chi connectivity index (χ0n) is 12.3. The number of carboxylic acids is 1. The summed E-state index contributed by atoms with van der Waals surface area (Å²) in [5, 5.41) is 10.2. The van der Waals surface area contributed by atoms with Crippen molar-refractivity contribution in [2.45, 2.75) is 44.7 Å². The summed E-state index contributed by atoms with van der Waals surface area (Å²) in [6, 6.07) is 10.3. The third-order valence-electron chi connectivity index (χ3n) is 4.44. The van der Waals surface area contributed by atoms with Crippen LogP contribution in [0, 0.1) is 0 Å². The Labute approximate surface area is 124 Å². The van der Waals surface area contributed by atoms with E-state index in [1.165, 1.54) is 0 Å². The summed E-state index contributed by atoms with van der Waals surface area (Å²) in [5.74, 6) is 0.206. The molecule has 1 N–H and O–H groups in total. The molecule has 4 heteroatoms. The highest BCUT2D eigenvalue weighted by Gasteiger charge is 2.30. The average Bonchev–Trinajstić information content (AvgIpc) is 2.90. The van der Waals surface area contributed by atoms with Gasteiger partial charge in [-0.2, -0.15) is 0 Å². The van der Waals surface area contributed by atoms with Crippen LogP contribution in [-0.4, -0.2) is 28.6 Å². The minimum Gasteiger partial charge on any atom is -0.481 e. The molecule has 1 aliphatic rings. The number of para-hydroxylation sites is 1. The SMILES string of the molecule is CC(c1cc2ccccc2o1)N1CCCCC1CC(=O)O. The van der Waals surface area contributed by atoms with E-state index in [0.29, 0.717) is 0 Å². The van der Waals surface area contributed by atoms with Gasteiger partial charge in [-0.1, -0.05) is 24.6 Å². The van der Waals surface area contributed by atoms with Gasteiger partial charge in [-0.3, -0.25) is 9.69 Å². The summed E-state index contributed by atoms with van der Waals surface area (Å²) in [6.45, 7) is 3.05. The van der Waals surface area contributed by atoms with E-state index < -0.39 is 5.97 Å². The van der Waals surface area contributed by atoms with Crippen molar-refractivity contribution >= 4 is 16.9 Å². The molecule has 3 rings (SSSR count). The van der Waals surface area contributed by atoms with Gasteiger partial charge in [0.05, 0.1) is 12.5 Å². The van der Waals surface area contributed by atoms with Crippen LogP contribution < -0.4 is 0 Å². The van der Waals surface area contributed by atoms with Gasteiger partial charge in [0.15, 0.2) is 0 Å². The number of aliphatic carboxylic acids is 1. The Morgan fingerprint density at radius 3 is 3.00 bits per heavy atom. The topological polar surface area (TPSA) is 53.7 Å². The lowest BCUT2D eigenvalue weighted by Gasteiger charge is -2.38. The number of carbonyl (C=O) groups is 1. The number of carboxylic acid groups (broad SMARTS) is 1. The number of hydrogen-bond donors (Lipinski definition) is 1. The number of benzene rings is 1. The predicted molar refractivity (Wildman–Crippen MR) is 81.2 cm³/mol. The van der Waals surface area contributed by atoms with Gasteiger partial charge in [-0.05, 0) is 38.4 Å². The van der Waals surface area contributed by atoms with Crippen molar-refractivity contribution in [2.75, 3.05) is 6.54 Å². The second kappa shape index (κ2) is 5.90. The minimum atomic E-state index is -0.719. The third kappa shape index (κ3) is 2.95. The van der Waals surface area contributed by atoms with Crippen molar-refractivity contribution in [2.24, 2.45) is 0 Å². The van der Waals surface area contributed by atoms with Crippen LogP contribution in [0.5, 0.6) is 0 Å². The number of rotatable bonds is 4. The molecule has 4 nitrogen and oxygen atoms in total. The van der Waals surface area contributed by atoms with Crippen molar-refractivity contribution in [3.05, 3.63) is 36.1 Å². The maximum absolute atomic E-state index is 11.1. The van der Waals surface area contributed by atoms with Crippen LogP contribution in [0.4, 0.5) is 0 Å². The van der Waals surface area contributed by atoms with Crippen LogP contribution in [0.25, 0.3) is 11.0 Å². The summed E-state index contributed by atoms with van der Waals surface area (Å²) >= 11 is 0. The Hall–Kier alpha value is -1.81. The zero-order valence-corrected chi connectivity index (χ0v) is 12.3. The molecule has 1 aliphatic heterocycles. The van der Waals surface area contributed by atoms with Crippen LogP contribution in [0.1, 0.15) is 44.4 Å². The highest BCUT2D eigenvalue weighted by Crippen LogP contribution is 2.32. The molecule has 2 heterocycles. The van der Waals surface area contributed by atoms with Crippen LogP contribution in [0.2, 0.25) is 0 Å². The van der Waals surface area contributed by atoms with Gasteiger partial charge in [0, 0.05) is 11.4 Å². The van der Waals surface area contributed by atoms with Crippen molar-refractivity contribution in [3.63, 3.8) is 0 Å². The Morgan fingerprint density at radius 1 is 1.43 bits per heavy atom. The molecule has 2 unspecified atom stereocenters. The molecule has 2 atom stereocenters. The van der Waals surface area contributed by atoms with Gasteiger partial charge >= 0.3 is 5.97 Å². The van der Waals surface area contributed by atoms with E-state index in [4.69, 9.17) is 9.52 Å².